The van der Waals surface area contributed by atoms with Crippen molar-refractivity contribution in [2.75, 3.05) is 13.2 Å². The van der Waals surface area contributed by atoms with Gasteiger partial charge in [0.25, 0.3) is 0 Å². The van der Waals surface area contributed by atoms with Gasteiger partial charge in [0.2, 0.25) is 0 Å². The molecule has 2 nitrogen and oxygen atoms in total. The van der Waals surface area contributed by atoms with Crippen molar-refractivity contribution in [2.24, 2.45) is 5.92 Å². The van der Waals surface area contributed by atoms with Gasteiger partial charge >= 0.3 is 6.18 Å². The van der Waals surface area contributed by atoms with Crippen molar-refractivity contribution >= 4 is 10.8 Å². The molecule has 9 heteroatoms. The fraction of sp³-hybridized carbons (Fsp3) is 0.200. The summed E-state index contributed by atoms with van der Waals surface area (Å²) >= 11 is 0. The van der Waals surface area contributed by atoms with Crippen LogP contribution in [0.4, 0.5) is 30.7 Å². The number of rotatable bonds is 3. The Hall–Kier alpha value is -3.87. The monoisotopic (exact) mass is 544 g/mol. The van der Waals surface area contributed by atoms with E-state index in [1.54, 1.807) is 18.2 Å². The molecule has 1 fully saturated rings. The molecule has 1 aliphatic heterocycles. The lowest BCUT2D eigenvalue weighted by Gasteiger charge is -2.27. The predicted molar refractivity (Wildman–Crippen MR) is 131 cm³/mol. The van der Waals surface area contributed by atoms with Crippen molar-refractivity contribution in [3.8, 4) is 34.1 Å². The molecule has 1 saturated heterocycles. The van der Waals surface area contributed by atoms with Gasteiger partial charge in [-0.1, -0.05) is 49.2 Å². The molecule has 0 N–H and O–H groups in total. The lowest BCUT2D eigenvalue weighted by molar-refractivity contribution is -0.202. The maximum atomic E-state index is 15.2. The van der Waals surface area contributed by atoms with E-state index in [2.05, 4.69) is 0 Å². The minimum Gasteiger partial charge on any atom is -0.348 e. The van der Waals surface area contributed by atoms with Gasteiger partial charge in [0.05, 0.1) is 24.2 Å². The molecule has 200 valence electrons. The minimum absolute atomic E-state index is 0.00634. The fourth-order valence-corrected chi connectivity index (χ4v) is 4.37. The van der Waals surface area contributed by atoms with Crippen LogP contribution in [0.25, 0.3) is 33.0 Å². The van der Waals surface area contributed by atoms with E-state index < -0.39 is 46.7 Å². The van der Waals surface area contributed by atoms with E-state index >= 15 is 4.39 Å². The molecule has 0 atom stereocenters. The number of ether oxygens (including phenoxy) is 2. The van der Waals surface area contributed by atoms with Crippen LogP contribution in [0, 0.1) is 41.0 Å². The third-order valence-electron chi connectivity index (χ3n) is 6.27. The van der Waals surface area contributed by atoms with Crippen molar-refractivity contribution in [1.82, 2.24) is 0 Å². The lowest BCUT2D eigenvalue weighted by Crippen LogP contribution is -2.24. The smallest absolute Gasteiger partial charge is 0.348 e. The minimum atomic E-state index is -4.99. The first-order valence-electron chi connectivity index (χ1n) is 11.8. The zero-order valence-electron chi connectivity index (χ0n) is 20.3. The molecule has 0 unspecified atom stereocenters. The van der Waals surface area contributed by atoms with Gasteiger partial charge in [-0.15, -0.1) is 0 Å². The van der Waals surface area contributed by atoms with Crippen LogP contribution in [0.1, 0.15) is 24.3 Å². The second-order valence-corrected chi connectivity index (χ2v) is 9.27. The van der Waals surface area contributed by atoms with Crippen molar-refractivity contribution in [1.29, 1.82) is 0 Å². The van der Waals surface area contributed by atoms with Crippen LogP contribution in [0.15, 0.2) is 60.7 Å². The molecule has 0 amide bonds. The molecule has 4 aromatic carbocycles. The molecule has 1 heterocycles. The lowest BCUT2D eigenvalue weighted by atomic mass is 9.96. The SMILES string of the molecule is CC1COC(c2ccc(-c3ccc(-c4cc(F)c5c(F)c(C#CC(F)(F)F)c(F)cc5c4)c(F)c3)cc2)OC1. The second-order valence-electron chi connectivity index (χ2n) is 9.27. The summed E-state index contributed by atoms with van der Waals surface area (Å²) in [6.07, 6.45) is -5.46. The Morgan fingerprint density at radius 3 is 2.03 bits per heavy atom. The van der Waals surface area contributed by atoms with Crippen molar-refractivity contribution in [3.63, 3.8) is 0 Å². The van der Waals surface area contributed by atoms with E-state index in [9.17, 15) is 26.3 Å². The zero-order chi connectivity index (χ0) is 27.9. The first kappa shape index (κ1) is 26.7. The third kappa shape index (κ3) is 5.63. The standard InChI is InChI=1S/C30H19F7O2/c1-16-14-38-29(39-15-16)18-4-2-17(3-5-18)19-6-7-22(24(31)11-19)20-10-21-13-25(32)23(8-9-30(35,36)37)28(34)27(21)26(33)12-20/h2-7,10-13,16,29H,14-15H2,1H3. The van der Waals surface area contributed by atoms with Crippen LogP contribution in [-0.4, -0.2) is 19.4 Å². The topological polar surface area (TPSA) is 18.5 Å². The summed E-state index contributed by atoms with van der Waals surface area (Å²) in [7, 11) is 0. The Balaban J connectivity index is 1.45. The van der Waals surface area contributed by atoms with Crippen molar-refractivity contribution < 1.29 is 40.2 Å². The molecule has 0 radical (unpaired) electrons. The first-order valence-corrected chi connectivity index (χ1v) is 11.8. The number of benzene rings is 4. The molecule has 0 saturated carbocycles. The normalized spacial score (nSPS) is 17.6. The Kier molecular flexibility index (Phi) is 7.10. The quantitative estimate of drug-likeness (QED) is 0.191. The number of alkyl halides is 3. The number of halogens is 7. The highest BCUT2D eigenvalue weighted by Gasteiger charge is 2.25. The van der Waals surface area contributed by atoms with Crippen LogP contribution < -0.4 is 0 Å². The summed E-state index contributed by atoms with van der Waals surface area (Å²) in [5.41, 5.74) is 0.817. The van der Waals surface area contributed by atoms with Crippen molar-refractivity contribution in [2.45, 2.75) is 19.4 Å². The van der Waals surface area contributed by atoms with Crippen LogP contribution in [0.3, 0.4) is 0 Å². The van der Waals surface area contributed by atoms with E-state index in [1.807, 2.05) is 19.1 Å². The summed E-state index contributed by atoms with van der Waals surface area (Å²) < 4.78 is 108. The average molecular weight is 544 g/mol. The maximum absolute atomic E-state index is 15.2. The largest absolute Gasteiger partial charge is 0.458 e. The van der Waals surface area contributed by atoms with Gasteiger partial charge in [0, 0.05) is 23.0 Å². The molecular weight excluding hydrogens is 525 g/mol. The third-order valence-corrected chi connectivity index (χ3v) is 6.27. The summed E-state index contributed by atoms with van der Waals surface area (Å²) in [5, 5.41) is -1.04. The molecule has 5 rings (SSSR count). The van der Waals surface area contributed by atoms with Gasteiger partial charge in [-0.3, -0.25) is 0 Å². The molecule has 39 heavy (non-hydrogen) atoms. The van der Waals surface area contributed by atoms with Crippen LogP contribution in [0.5, 0.6) is 0 Å². The van der Waals surface area contributed by atoms with Crippen LogP contribution in [0.2, 0.25) is 0 Å². The van der Waals surface area contributed by atoms with E-state index in [0.29, 0.717) is 36.3 Å². The Morgan fingerprint density at radius 2 is 1.38 bits per heavy atom. The van der Waals surface area contributed by atoms with Gasteiger partial charge in [-0.25, -0.2) is 17.6 Å². The second kappa shape index (κ2) is 10.4. The summed E-state index contributed by atoms with van der Waals surface area (Å²) in [6, 6.07) is 14.1. The highest BCUT2D eigenvalue weighted by molar-refractivity contribution is 5.90. The first-order chi connectivity index (χ1) is 18.5. The van der Waals surface area contributed by atoms with Gasteiger partial charge < -0.3 is 9.47 Å². The van der Waals surface area contributed by atoms with Crippen molar-refractivity contribution in [3.05, 3.63) is 95.1 Å². The summed E-state index contributed by atoms with van der Waals surface area (Å²) in [4.78, 5) is 0. The molecule has 1 aliphatic rings. The molecule has 0 aromatic heterocycles. The van der Waals surface area contributed by atoms with E-state index in [-0.39, 0.29) is 16.5 Å². The number of fused-ring (bicyclic) bond motifs is 1. The Morgan fingerprint density at radius 1 is 0.744 bits per heavy atom. The average Bonchev–Trinajstić information content (AvgIpc) is 2.88. The molecule has 0 aliphatic carbocycles. The van der Waals surface area contributed by atoms with Gasteiger partial charge in [-0.05, 0) is 46.3 Å². The highest BCUT2D eigenvalue weighted by atomic mass is 19.4. The summed E-state index contributed by atoms with van der Waals surface area (Å²) in [6.45, 7) is 3.19. The van der Waals surface area contributed by atoms with E-state index in [0.717, 1.165) is 23.6 Å². The molecular formula is C30H19F7O2. The Labute approximate surface area is 219 Å². The summed E-state index contributed by atoms with van der Waals surface area (Å²) in [5.74, 6) is -2.41. The zero-order valence-corrected chi connectivity index (χ0v) is 20.3. The predicted octanol–water partition coefficient (Wildman–Crippen LogP) is 8.33. The van der Waals surface area contributed by atoms with Crippen LogP contribution >= 0.6 is 0 Å². The highest BCUT2D eigenvalue weighted by Crippen LogP contribution is 2.34. The molecule has 0 bridgehead atoms. The molecule has 0 spiro atoms. The van der Waals surface area contributed by atoms with Gasteiger partial charge in [0.15, 0.2) is 12.1 Å². The maximum Gasteiger partial charge on any atom is 0.458 e. The van der Waals surface area contributed by atoms with Gasteiger partial charge in [0.1, 0.15) is 17.5 Å². The van der Waals surface area contributed by atoms with E-state index in [1.165, 1.54) is 18.1 Å². The Bertz CT molecular complexity index is 1610. The molecule has 4 aromatic rings. The number of hydrogen-bond donors (Lipinski definition) is 0. The van der Waals surface area contributed by atoms with E-state index in [4.69, 9.17) is 9.47 Å². The number of hydrogen-bond acceptors (Lipinski definition) is 2. The van der Waals surface area contributed by atoms with Gasteiger partial charge in [-0.2, -0.15) is 13.2 Å². The fourth-order valence-electron chi connectivity index (χ4n) is 4.37. The van der Waals surface area contributed by atoms with Crippen LogP contribution in [-0.2, 0) is 9.47 Å².